The Bertz CT molecular complexity index is 1350. The second-order valence-corrected chi connectivity index (χ2v) is 9.13. The van der Waals surface area contributed by atoms with Crippen LogP contribution < -0.4 is 24.6 Å². The molecule has 5 rings (SSSR count). The molecule has 2 aromatic heterocycles. The Morgan fingerprint density at radius 2 is 1.75 bits per heavy atom. The van der Waals surface area contributed by atoms with E-state index in [9.17, 15) is 0 Å². The summed E-state index contributed by atoms with van der Waals surface area (Å²) in [6, 6.07) is 24.1. The molecule has 0 spiro atoms. The quantitative estimate of drug-likeness (QED) is 0.354. The van der Waals surface area contributed by atoms with Crippen LogP contribution in [0, 0.1) is 0 Å². The first-order valence-corrected chi connectivity index (χ1v) is 12.1. The van der Waals surface area contributed by atoms with Crippen LogP contribution in [-0.2, 0) is 0 Å². The van der Waals surface area contributed by atoms with Crippen molar-refractivity contribution >= 4 is 28.7 Å². The number of aromatic nitrogens is 2. The monoisotopic (exact) mass is 499 g/mol. The van der Waals surface area contributed by atoms with Crippen LogP contribution in [-0.4, -0.2) is 43.0 Å². The van der Waals surface area contributed by atoms with Gasteiger partial charge in [-0.1, -0.05) is 6.07 Å². The van der Waals surface area contributed by atoms with Crippen molar-refractivity contribution in [2.75, 3.05) is 38.1 Å². The Balaban J connectivity index is 1.65. The highest BCUT2D eigenvalue weighted by Crippen LogP contribution is 2.45. The fourth-order valence-electron chi connectivity index (χ4n) is 4.68. The number of anilines is 2. The number of hydrogen-bond donors (Lipinski definition) is 1. The number of nitrogens with one attached hydrogen (secondary N) is 1. The summed E-state index contributed by atoms with van der Waals surface area (Å²) in [5.41, 5.74) is 5.06. The van der Waals surface area contributed by atoms with Gasteiger partial charge >= 0.3 is 0 Å². The van der Waals surface area contributed by atoms with E-state index in [1.165, 1.54) is 0 Å². The second-order valence-electron chi connectivity index (χ2n) is 8.75. The van der Waals surface area contributed by atoms with Gasteiger partial charge in [-0.15, -0.1) is 0 Å². The van der Waals surface area contributed by atoms with Gasteiger partial charge in [-0.05, 0) is 72.9 Å². The first-order chi connectivity index (χ1) is 17.5. The zero-order valence-corrected chi connectivity index (χ0v) is 21.6. The van der Waals surface area contributed by atoms with Crippen molar-refractivity contribution in [2.24, 2.45) is 0 Å². The molecule has 2 unspecified atom stereocenters. The van der Waals surface area contributed by atoms with E-state index < -0.39 is 0 Å². The number of rotatable bonds is 7. The van der Waals surface area contributed by atoms with Gasteiger partial charge in [0.15, 0.2) is 5.11 Å². The molecule has 2 atom stereocenters. The zero-order valence-electron chi connectivity index (χ0n) is 20.8. The first-order valence-electron chi connectivity index (χ1n) is 11.7. The lowest BCUT2D eigenvalue weighted by Gasteiger charge is -2.30. The van der Waals surface area contributed by atoms with Gasteiger partial charge in [0.1, 0.15) is 17.5 Å². The van der Waals surface area contributed by atoms with Crippen LogP contribution in [0.5, 0.6) is 11.5 Å². The summed E-state index contributed by atoms with van der Waals surface area (Å²) in [6.45, 7) is 0. The Morgan fingerprint density at radius 1 is 0.944 bits per heavy atom. The molecule has 0 amide bonds. The highest BCUT2D eigenvalue weighted by Gasteiger charge is 2.43. The molecule has 3 heterocycles. The molecule has 7 nitrogen and oxygen atoms in total. The topological polar surface area (TPSA) is 54.8 Å². The summed E-state index contributed by atoms with van der Waals surface area (Å²) in [5, 5.41) is 4.13. The van der Waals surface area contributed by atoms with E-state index in [0.717, 1.165) is 34.2 Å². The number of benzene rings is 2. The molecule has 184 valence electrons. The van der Waals surface area contributed by atoms with Crippen LogP contribution in [0.2, 0.25) is 0 Å². The van der Waals surface area contributed by atoms with E-state index in [4.69, 9.17) is 21.7 Å². The third-order valence-corrected chi connectivity index (χ3v) is 6.79. The molecule has 1 saturated heterocycles. The number of pyridine rings is 1. The average molecular weight is 500 g/mol. The van der Waals surface area contributed by atoms with Crippen molar-refractivity contribution in [3.63, 3.8) is 0 Å². The minimum atomic E-state index is -0.182. The van der Waals surface area contributed by atoms with Gasteiger partial charge in [0, 0.05) is 49.6 Å². The predicted molar refractivity (Wildman–Crippen MR) is 148 cm³/mol. The molecule has 0 aliphatic carbocycles. The Kier molecular flexibility index (Phi) is 6.52. The van der Waals surface area contributed by atoms with Gasteiger partial charge in [-0.2, -0.15) is 0 Å². The summed E-state index contributed by atoms with van der Waals surface area (Å²) in [6.07, 6.45) is 3.90. The molecule has 36 heavy (non-hydrogen) atoms. The maximum absolute atomic E-state index is 5.91. The molecule has 1 aliphatic rings. The fraction of sp³-hybridized carbons (Fsp3) is 0.214. The van der Waals surface area contributed by atoms with Crippen LogP contribution in [0.25, 0.3) is 5.69 Å². The fourth-order valence-corrected chi connectivity index (χ4v) is 5.02. The highest BCUT2D eigenvalue weighted by atomic mass is 32.1. The third kappa shape index (κ3) is 4.24. The van der Waals surface area contributed by atoms with E-state index in [2.05, 4.69) is 67.3 Å². The minimum Gasteiger partial charge on any atom is -0.497 e. The molecule has 1 aliphatic heterocycles. The van der Waals surface area contributed by atoms with Crippen LogP contribution >= 0.6 is 12.2 Å². The summed E-state index contributed by atoms with van der Waals surface area (Å²) in [5.74, 6) is 1.40. The van der Waals surface area contributed by atoms with Gasteiger partial charge < -0.3 is 29.2 Å². The predicted octanol–water partition coefficient (Wildman–Crippen LogP) is 5.13. The maximum atomic E-state index is 5.91. The molecule has 2 aromatic carbocycles. The van der Waals surface area contributed by atoms with Crippen molar-refractivity contribution in [3.05, 3.63) is 96.6 Å². The van der Waals surface area contributed by atoms with Crippen molar-refractivity contribution in [2.45, 2.75) is 12.1 Å². The standard InChI is InChI=1S/C28H29N5O2S/c1-31(2)19-10-12-20(13-11-19)32-17-7-9-24(32)27-26(22-8-5-6-16-29-22)30-28(36)33(27)23-15-14-21(34-3)18-25(23)35-4/h5-18,26-27H,1-4H3,(H,30,36). The van der Waals surface area contributed by atoms with Crippen LogP contribution in [0.1, 0.15) is 23.5 Å². The number of ether oxygens (including phenoxy) is 2. The van der Waals surface area contributed by atoms with Gasteiger partial charge in [-0.3, -0.25) is 4.98 Å². The Labute approximate surface area is 216 Å². The van der Waals surface area contributed by atoms with Crippen molar-refractivity contribution in [1.82, 2.24) is 14.9 Å². The molecular weight excluding hydrogens is 470 g/mol. The zero-order chi connectivity index (χ0) is 25.2. The SMILES string of the molecule is COc1ccc(N2C(=S)NC(c3ccccn3)C2c2cccn2-c2ccc(N(C)C)cc2)c(OC)c1. The molecule has 4 aromatic rings. The lowest BCUT2D eigenvalue weighted by atomic mass is 10.0. The first kappa shape index (κ1) is 23.7. The van der Waals surface area contributed by atoms with Crippen LogP contribution in [0.4, 0.5) is 11.4 Å². The Hall–Kier alpha value is -4.04. The summed E-state index contributed by atoms with van der Waals surface area (Å²) in [7, 11) is 7.38. The van der Waals surface area contributed by atoms with Crippen molar-refractivity contribution in [3.8, 4) is 17.2 Å². The lowest BCUT2D eigenvalue weighted by Crippen LogP contribution is -2.30. The molecular formula is C28H29N5O2S. The van der Waals surface area contributed by atoms with Gasteiger partial charge in [0.25, 0.3) is 0 Å². The largest absolute Gasteiger partial charge is 0.497 e. The highest BCUT2D eigenvalue weighted by molar-refractivity contribution is 7.80. The van der Waals surface area contributed by atoms with E-state index >= 15 is 0 Å². The molecule has 0 bridgehead atoms. The van der Waals surface area contributed by atoms with E-state index in [1.54, 1.807) is 14.2 Å². The van der Waals surface area contributed by atoms with Crippen molar-refractivity contribution in [1.29, 1.82) is 0 Å². The van der Waals surface area contributed by atoms with E-state index in [1.807, 2.05) is 56.7 Å². The van der Waals surface area contributed by atoms with E-state index in [0.29, 0.717) is 10.9 Å². The number of nitrogens with zero attached hydrogens (tertiary/aromatic N) is 4. The normalized spacial score (nSPS) is 17.1. The number of hydrogen-bond acceptors (Lipinski definition) is 5. The molecule has 0 radical (unpaired) electrons. The van der Waals surface area contributed by atoms with Crippen LogP contribution in [0.15, 0.2) is 85.2 Å². The average Bonchev–Trinajstić information content (AvgIpc) is 3.53. The number of methoxy groups -OCH3 is 2. The maximum Gasteiger partial charge on any atom is 0.174 e. The molecule has 1 N–H and O–H groups in total. The summed E-state index contributed by atoms with van der Waals surface area (Å²) in [4.78, 5) is 8.88. The summed E-state index contributed by atoms with van der Waals surface area (Å²) < 4.78 is 13.4. The van der Waals surface area contributed by atoms with Crippen LogP contribution in [0.3, 0.4) is 0 Å². The third-order valence-electron chi connectivity index (χ3n) is 6.47. The second kappa shape index (κ2) is 9.91. The number of thiocarbonyl (C=S) groups is 1. The van der Waals surface area contributed by atoms with Crippen molar-refractivity contribution < 1.29 is 9.47 Å². The van der Waals surface area contributed by atoms with E-state index in [-0.39, 0.29) is 12.1 Å². The smallest absolute Gasteiger partial charge is 0.174 e. The summed E-state index contributed by atoms with van der Waals surface area (Å²) >= 11 is 5.91. The molecule has 8 heteroatoms. The molecule has 0 saturated carbocycles. The van der Waals surface area contributed by atoms with Gasteiger partial charge in [0.05, 0.1) is 31.6 Å². The van der Waals surface area contributed by atoms with Gasteiger partial charge in [0.2, 0.25) is 0 Å². The van der Waals surface area contributed by atoms with Gasteiger partial charge in [-0.25, -0.2) is 0 Å². The minimum absolute atomic E-state index is 0.166. The molecule has 1 fully saturated rings. The Morgan fingerprint density at radius 3 is 2.42 bits per heavy atom. The lowest BCUT2D eigenvalue weighted by molar-refractivity contribution is 0.394.